The Bertz CT molecular complexity index is 630. The van der Waals surface area contributed by atoms with Gasteiger partial charge in [-0.25, -0.2) is 4.39 Å². The van der Waals surface area contributed by atoms with E-state index in [0.29, 0.717) is 17.3 Å². The molecule has 2 aromatic carbocycles. The van der Waals surface area contributed by atoms with Gasteiger partial charge in [0.1, 0.15) is 17.7 Å². The van der Waals surface area contributed by atoms with Gasteiger partial charge >= 0.3 is 0 Å². The van der Waals surface area contributed by atoms with Crippen molar-refractivity contribution in [3.8, 4) is 5.75 Å². The fourth-order valence-corrected chi connectivity index (χ4v) is 2.92. The molecule has 1 aliphatic heterocycles. The fraction of sp³-hybridized carbons (Fsp3) is 0.200. The Morgan fingerprint density at radius 1 is 1.30 bits per heavy atom. The summed E-state index contributed by atoms with van der Waals surface area (Å²) in [6, 6.07) is 10.4. The lowest BCUT2D eigenvalue weighted by Crippen LogP contribution is -2.23. The molecule has 2 nitrogen and oxygen atoms in total. The van der Waals surface area contributed by atoms with E-state index in [9.17, 15) is 4.39 Å². The molecule has 1 unspecified atom stereocenters. The van der Waals surface area contributed by atoms with E-state index in [1.54, 1.807) is 6.07 Å². The van der Waals surface area contributed by atoms with Crippen LogP contribution in [-0.4, -0.2) is 12.6 Å². The van der Waals surface area contributed by atoms with Crippen LogP contribution in [0.15, 0.2) is 40.9 Å². The molecule has 104 valence electrons. The summed E-state index contributed by atoms with van der Waals surface area (Å²) in [6.45, 7) is 0.603. The topological polar surface area (TPSA) is 21.3 Å². The number of halogens is 3. The summed E-state index contributed by atoms with van der Waals surface area (Å²) >= 11 is 9.27. The van der Waals surface area contributed by atoms with Crippen molar-refractivity contribution in [1.82, 2.24) is 0 Å². The summed E-state index contributed by atoms with van der Waals surface area (Å²) < 4.78 is 20.1. The Kier molecular flexibility index (Phi) is 3.85. The Morgan fingerprint density at radius 3 is 2.95 bits per heavy atom. The van der Waals surface area contributed by atoms with Gasteiger partial charge in [0.15, 0.2) is 0 Å². The van der Waals surface area contributed by atoms with Gasteiger partial charge in [0.2, 0.25) is 0 Å². The third kappa shape index (κ3) is 3.07. The SMILES string of the molecule is Fc1cc(Cl)cc(NCC2Cc3cc(Br)ccc3O2)c1. The lowest BCUT2D eigenvalue weighted by Gasteiger charge is -2.13. The third-order valence-electron chi connectivity index (χ3n) is 3.16. The van der Waals surface area contributed by atoms with Crippen LogP contribution in [0.25, 0.3) is 0 Å². The van der Waals surface area contributed by atoms with Crippen molar-refractivity contribution >= 4 is 33.2 Å². The molecule has 0 spiro atoms. The van der Waals surface area contributed by atoms with E-state index in [-0.39, 0.29) is 11.9 Å². The van der Waals surface area contributed by atoms with Crippen LogP contribution < -0.4 is 10.1 Å². The minimum Gasteiger partial charge on any atom is -0.488 e. The van der Waals surface area contributed by atoms with Crippen LogP contribution in [0.1, 0.15) is 5.56 Å². The zero-order chi connectivity index (χ0) is 14.1. The number of nitrogens with one attached hydrogen (secondary N) is 1. The van der Waals surface area contributed by atoms with Gasteiger partial charge in [0, 0.05) is 21.6 Å². The molecule has 1 atom stereocenters. The molecule has 2 aromatic rings. The quantitative estimate of drug-likeness (QED) is 0.864. The molecule has 0 saturated carbocycles. The minimum absolute atomic E-state index is 0.0429. The summed E-state index contributed by atoms with van der Waals surface area (Å²) in [5.74, 6) is 0.567. The number of hydrogen-bond donors (Lipinski definition) is 1. The number of ether oxygens (including phenoxy) is 1. The van der Waals surface area contributed by atoms with E-state index in [0.717, 1.165) is 16.6 Å². The van der Waals surface area contributed by atoms with E-state index in [2.05, 4.69) is 27.3 Å². The Labute approximate surface area is 130 Å². The molecule has 0 saturated heterocycles. The maximum atomic E-state index is 13.2. The smallest absolute Gasteiger partial charge is 0.126 e. The second kappa shape index (κ2) is 5.62. The first-order chi connectivity index (χ1) is 9.60. The molecular weight excluding hydrogens is 345 g/mol. The van der Waals surface area contributed by atoms with E-state index in [1.165, 1.54) is 17.7 Å². The predicted octanol–water partition coefficient (Wildman–Crippen LogP) is 4.66. The van der Waals surface area contributed by atoms with Crippen molar-refractivity contribution in [1.29, 1.82) is 0 Å². The summed E-state index contributed by atoms with van der Waals surface area (Å²) in [6.07, 6.45) is 0.881. The molecule has 0 fully saturated rings. The normalized spacial score (nSPS) is 16.6. The van der Waals surface area contributed by atoms with Gasteiger partial charge in [0.05, 0.1) is 6.54 Å². The van der Waals surface area contributed by atoms with Crippen LogP contribution in [-0.2, 0) is 6.42 Å². The van der Waals surface area contributed by atoms with Crippen molar-refractivity contribution in [3.05, 3.63) is 57.3 Å². The second-order valence-electron chi connectivity index (χ2n) is 4.74. The van der Waals surface area contributed by atoms with Crippen LogP contribution >= 0.6 is 27.5 Å². The summed E-state index contributed by atoms with van der Waals surface area (Å²) in [4.78, 5) is 0. The van der Waals surface area contributed by atoms with Crippen molar-refractivity contribution in [2.24, 2.45) is 0 Å². The zero-order valence-electron chi connectivity index (χ0n) is 10.5. The van der Waals surface area contributed by atoms with Gasteiger partial charge in [-0.3, -0.25) is 0 Å². The fourth-order valence-electron chi connectivity index (χ4n) is 2.29. The maximum absolute atomic E-state index is 13.2. The van der Waals surface area contributed by atoms with E-state index < -0.39 is 0 Å². The summed E-state index contributed by atoms with van der Waals surface area (Å²) in [5, 5.41) is 3.54. The molecule has 0 bridgehead atoms. The van der Waals surface area contributed by atoms with Crippen LogP contribution in [0.4, 0.5) is 10.1 Å². The standard InChI is InChI=1S/C15H12BrClFNO/c16-10-1-2-15-9(3-10)4-14(20-15)8-19-13-6-11(17)5-12(18)7-13/h1-3,5-7,14,19H,4,8H2. The highest BCUT2D eigenvalue weighted by Gasteiger charge is 2.22. The van der Waals surface area contributed by atoms with Gasteiger partial charge < -0.3 is 10.1 Å². The first kappa shape index (κ1) is 13.7. The molecule has 3 rings (SSSR count). The largest absolute Gasteiger partial charge is 0.488 e. The average molecular weight is 357 g/mol. The van der Waals surface area contributed by atoms with Crippen molar-refractivity contribution in [2.45, 2.75) is 12.5 Å². The van der Waals surface area contributed by atoms with Gasteiger partial charge in [-0.2, -0.15) is 0 Å². The van der Waals surface area contributed by atoms with Gasteiger partial charge in [-0.1, -0.05) is 27.5 Å². The highest BCUT2D eigenvalue weighted by atomic mass is 79.9. The molecule has 0 amide bonds. The van der Waals surface area contributed by atoms with Gasteiger partial charge in [-0.05, 0) is 42.0 Å². The van der Waals surface area contributed by atoms with E-state index in [4.69, 9.17) is 16.3 Å². The third-order valence-corrected chi connectivity index (χ3v) is 3.87. The lowest BCUT2D eigenvalue weighted by atomic mass is 10.1. The Balaban J connectivity index is 1.63. The highest BCUT2D eigenvalue weighted by Crippen LogP contribution is 2.31. The van der Waals surface area contributed by atoms with Gasteiger partial charge in [-0.15, -0.1) is 0 Å². The predicted molar refractivity (Wildman–Crippen MR) is 82.2 cm³/mol. The van der Waals surface area contributed by atoms with Crippen LogP contribution in [0.2, 0.25) is 5.02 Å². The molecule has 0 aromatic heterocycles. The van der Waals surface area contributed by atoms with Gasteiger partial charge in [0.25, 0.3) is 0 Å². The molecular formula is C15H12BrClFNO. The summed E-state index contributed by atoms with van der Waals surface area (Å²) in [5.41, 5.74) is 1.85. The van der Waals surface area contributed by atoms with Crippen molar-refractivity contribution in [3.63, 3.8) is 0 Å². The first-order valence-corrected chi connectivity index (χ1v) is 7.42. The molecule has 1 N–H and O–H groups in total. The van der Waals surface area contributed by atoms with Crippen LogP contribution in [0, 0.1) is 5.82 Å². The molecule has 5 heteroatoms. The number of rotatable bonds is 3. The number of anilines is 1. The molecule has 20 heavy (non-hydrogen) atoms. The second-order valence-corrected chi connectivity index (χ2v) is 6.09. The Hall–Kier alpha value is -1.26. The first-order valence-electron chi connectivity index (χ1n) is 6.25. The number of hydrogen-bond acceptors (Lipinski definition) is 2. The number of benzene rings is 2. The average Bonchev–Trinajstić information content (AvgIpc) is 2.77. The monoisotopic (exact) mass is 355 g/mol. The van der Waals surface area contributed by atoms with E-state index >= 15 is 0 Å². The van der Waals surface area contributed by atoms with Crippen LogP contribution in [0.3, 0.4) is 0 Å². The summed E-state index contributed by atoms with van der Waals surface area (Å²) in [7, 11) is 0. The molecule has 1 aliphatic rings. The molecule has 1 heterocycles. The molecule has 0 aliphatic carbocycles. The highest BCUT2D eigenvalue weighted by molar-refractivity contribution is 9.10. The number of fused-ring (bicyclic) bond motifs is 1. The minimum atomic E-state index is -0.348. The van der Waals surface area contributed by atoms with Crippen molar-refractivity contribution < 1.29 is 9.13 Å². The maximum Gasteiger partial charge on any atom is 0.126 e. The molecule has 0 radical (unpaired) electrons. The zero-order valence-corrected chi connectivity index (χ0v) is 12.8. The van der Waals surface area contributed by atoms with E-state index in [1.807, 2.05) is 12.1 Å². The van der Waals surface area contributed by atoms with Crippen LogP contribution in [0.5, 0.6) is 5.75 Å². The lowest BCUT2D eigenvalue weighted by molar-refractivity contribution is 0.246. The van der Waals surface area contributed by atoms with Crippen molar-refractivity contribution in [2.75, 3.05) is 11.9 Å². The Morgan fingerprint density at radius 2 is 2.15 bits per heavy atom.